The fraction of sp³-hybridized carbons (Fsp3) is 0.333. The van der Waals surface area contributed by atoms with Crippen LogP contribution in [0.3, 0.4) is 0 Å². The molecule has 8 nitrogen and oxygen atoms in total. The lowest BCUT2D eigenvalue weighted by atomic mass is 9.99. The molecule has 0 bridgehead atoms. The zero-order valence-electron chi connectivity index (χ0n) is 15.4. The van der Waals surface area contributed by atoms with E-state index in [1.807, 2.05) is 6.92 Å². The molecule has 4 rings (SSSR count). The molecule has 0 aliphatic carbocycles. The molecule has 0 radical (unpaired) electrons. The number of hydrogen-bond acceptors (Lipinski definition) is 6. The number of rotatable bonds is 3. The fourth-order valence-electron chi connectivity index (χ4n) is 3.49. The monoisotopic (exact) mass is 465 g/mol. The number of aromatic amines is 1. The maximum Gasteiger partial charge on any atom is 0.292 e. The van der Waals surface area contributed by atoms with E-state index in [0.717, 1.165) is 16.8 Å². The second-order valence-corrected chi connectivity index (χ2v) is 7.53. The number of amides is 1. The van der Waals surface area contributed by atoms with Crippen LogP contribution in [0.5, 0.6) is 11.6 Å². The van der Waals surface area contributed by atoms with Crippen molar-refractivity contribution in [1.82, 2.24) is 24.8 Å². The average molecular weight is 467 g/mol. The first-order valence-electron chi connectivity index (χ1n) is 8.56. The molecular weight excluding hydrogens is 450 g/mol. The number of H-pyrrole nitrogens is 1. The van der Waals surface area contributed by atoms with Gasteiger partial charge in [0.1, 0.15) is 4.47 Å². The van der Waals surface area contributed by atoms with E-state index >= 15 is 0 Å². The Balaban J connectivity index is 1.75. The van der Waals surface area contributed by atoms with Gasteiger partial charge in [-0.05, 0) is 22.9 Å². The third-order valence-electron chi connectivity index (χ3n) is 4.90. The third-order valence-corrected chi connectivity index (χ3v) is 6.25. The SMILES string of the molecule is COc1cnc(C(=O)N2CCc3[nH]c4c(Cl)c(Br)c(OC)nc4c3C2C)nc1. The van der Waals surface area contributed by atoms with Crippen LogP contribution in [0.25, 0.3) is 11.0 Å². The zero-order valence-corrected chi connectivity index (χ0v) is 17.8. The van der Waals surface area contributed by atoms with Gasteiger partial charge < -0.3 is 19.4 Å². The Kier molecular flexibility index (Phi) is 4.88. The molecule has 0 fully saturated rings. The molecule has 1 amide bonds. The van der Waals surface area contributed by atoms with Crippen LogP contribution < -0.4 is 9.47 Å². The minimum atomic E-state index is -0.245. The van der Waals surface area contributed by atoms with E-state index in [1.165, 1.54) is 26.6 Å². The highest BCUT2D eigenvalue weighted by Crippen LogP contribution is 2.42. The van der Waals surface area contributed by atoms with Gasteiger partial charge in [-0.3, -0.25) is 4.79 Å². The van der Waals surface area contributed by atoms with Crippen LogP contribution in [0.2, 0.25) is 5.02 Å². The topological polar surface area (TPSA) is 93.2 Å². The lowest BCUT2D eigenvalue weighted by Crippen LogP contribution is -2.39. The molecule has 28 heavy (non-hydrogen) atoms. The summed E-state index contributed by atoms with van der Waals surface area (Å²) < 4.78 is 11.0. The van der Waals surface area contributed by atoms with Gasteiger partial charge in [-0.2, -0.15) is 0 Å². The number of nitrogens with one attached hydrogen (secondary N) is 1. The van der Waals surface area contributed by atoms with E-state index in [-0.39, 0.29) is 17.8 Å². The number of aromatic nitrogens is 4. The van der Waals surface area contributed by atoms with Crippen molar-refractivity contribution < 1.29 is 14.3 Å². The summed E-state index contributed by atoms with van der Waals surface area (Å²) in [5.41, 5.74) is 3.36. The Labute approximate surface area is 174 Å². The second-order valence-electron chi connectivity index (χ2n) is 6.36. The molecule has 4 heterocycles. The molecule has 3 aromatic rings. The highest BCUT2D eigenvalue weighted by Gasteiger charge is 2.34. The predicted octanol–water partition coefficient (Wildman–Crippen LogP) is 3.55. The quantitative estimate of drug-likeness (QED) is 0.634. The summed E-state index contributed by atoms with van der Waals surface area (Å²) in [6, 6.07) is -0.231. The number of methoxy groups -OCH3 is 2. The second kappa shape index (κ2) is 7.21. The van der Waals surface area contributed by atoms with Crippen molar-refractivity contribution in [1.29, 1.82) is 0 Å². The average Bonchev–Trinajstić information content (AvgIpc) is 3.10. The van der Waals surface area contributed by atoms with E-state index in [2.05, 4.69) is 35.9 Å². The maximum atomic E-state index is 13.0. The number of fused-ring (bicyclic) bond motifs is 3. The first-order chi connectivity index (χ1) is 13.5. The van der Waals surface area contributed by atoms with E-state index in [0.29, 0.717) is 39.6 Å². The number of carbonyl (C=O) groups excluding carboxylic acids is 1. The molecule has 0 aromatic carbocycles. The van der Waals surface area contributed by atoms with Gasteiger partial charge in [-0.1, -0.05) is 11.6 Å². The molecule has 0 spiro atoms. The van der Waals surface area contributed by atoms with Gasteiger partial charge in [-0.25, -0.2) is 15.0 Å². The number of halogens is 2. The maximum absolute atomic E-state index is 13.0. The van der Waals surface area contributed by atoms with Crippen molar-refractivity contribution in [2.75, 3.05) is 20.8 Å². The summed E-state index contributed by atoms with van der Waals surface area (Å²) >= 11 is 9.91. The minimum absolute atomic E-state index is 0.127. The minimum Gasteiger partial charge on any atom is -0.494 e. The first kappa shape index (κ1) is 18.9. The summed E-state index contributed by atoms with van der Waals surface area (Å²) in [7, 11) is 3.06. The summed E-state index contributed by atoms with van der Waals surface area (Å²) in [6.45, 7) is 2.49. The molecule has 0 saturated heterocycles. The smallest absolute Gasteiger partial charge is 0.292 e. The predicted molar refractivity (Wildman–Crippen MR) is 107 cm³/mol. The largest absolute Gasteiger partial charge is 0.494 e. The number of ether oxygens (including phenoxy) is 2. The molecule has 1 unspecified atom stereocenters. The number of hydrogen-bond donors (Lipinski definition) is 1. The molecule has 1 atom stereocenters. The molecular formula is C18H17BrClN5O3. The summed E-state index contributed by atoms with van der Waals surface area (Å²) in [5, 5.41) is 0.500. The third kappa shape index (κ3) is 2.89. The van der Waals surface area contributed by atoms with Crippen LogP contribution in [0.15, 0.2) is 16.9 Å². The summed E-state index contributed by atoms with van der Waals surface area (Å²) in [5.74, 6) is 0.777. The van der Waals surface area contributed by atoms with E-state index in [4.69, 9.17) is 21.1 Å². The molecule has 1 aliphatic heterocycles. The van der Waals surface area contributed by atoms with E-state index < -0.39 is 0 Å². The van der Waals surface area contributed by atoms with Crippen molar-refractivity contribution in [3.8, 4) is 11.6 Å². The Bertz CT molecular complexity index is 1070. The Morgan fingerprint density at radius 2 is 2.04 bits per heavy atom. The fourth-order valence-corrected chi connectivity index (χ4v) is 4.15. The zero-order chi connectivity index (χ0) is 20.0. The van der Waals surface area contributed by atoms with Crippen molar-refractivity contribution in [2.24, 2.45) is 0 Å². The lowest BCUT2D eigenvalue weighted by molar-refractivity contribution is 0.0665. The normalized spacial score (nSPS) is 16.2. The van der Waals surface area contributed by atoms with E-state index in [9.17, 15) is 4.79 Å². The Hall–Kier alpha value is -2.39. The summed E-state index contributed by atoms with van der Waals surface area (Å²) in [6.07, 6.45) is 3.61. The Morgan fingerprint density at radius 1 is 1.32 bits per heavy atom. The molecule has 146 valence electrons. The number of pyridine rings is 1. The van der Waals surface area contributed by atoms with Crippen LogP contribution in [-0.2, 0) is 6.42 Å². The van der Waals surface area contributed by atoms with E-state index in [1.54, 1.807) is 4.90 Å². The van der Waals surface area contributed by atoms with Gasteiger partial charge in [0, 0.05) is 24.2 Å². The molecule has 1 N–H and O–H groups in total. The van der Waals surface area contributed by atoms with Gasteiger partial charge in [0.25, 0.3) is 5.91 Å². The number of carbonyl (C=O) groups is 1. The van der Waals surface area contributed by atoms with Crippen molar-refractivity contribution in [2.45, 2.75) is 19.4 Å². The molecule has 10 heteroatoms. The lowest BCUT2D eigenvalue weighted by Gasteiger charge is -2.33. The van der Waals surface area contributed by atoms with Crippen LogP contribution in [0, 0.1) is 0 Å². The standard InChI is InChI=1S/C18H17BrClN5O3/c1-8-11-10(23-15-13(20)12(19)17(28-3)24-14(11)15)4-5-25(8)18(26)16-21-6-9(27-2)7-22-16/h6-8,23H,4-5H2,1-3H3. The van der Waals surface area contributed by atoms with Crippen molar-refractivity contribution >= 4 is 44.5 Å². The van der Waals surface area contributed by atoms with Crippen LogP contribution in [-0.4, -0.2) is 51.5 Å². The molecule has 3 aromatic heterocycles. The van der Waals surface area contributed by atoms with Gasteiger partial charge in [0.05, 0.1) is 48.7 Å². The Morgan fingerprint density at radius 3 is 2.68 bits per heavy atom. The highest BCUT2D eigenvalue weighted by atomic mass is 79.9. The highest BCUT2D eigenvalue weighted by molar-refractivity contribution is 9.10. The van der Waals surface area contributed by atoms with Gasteiger partial charge in [-0.15, -0.1) is 0 Å². The molecule has 1 aliphatic rings. The van der Waals surface area contributed by atoms with Crippen molar-refractivity contribution in [3.63, 3.8) is 0 Å². The molecule has 0 saturated carbocycles. The van der Waals surface area contributed by atoms with Crippen molar-refractivity contribution in [3.05, 3.63) is 39.0 Å². The van der Waals surface area contributed by atoms with Crippen LogP contribution in [0.4, 0.5) is 0 Å². The van der Waals surface area contributed by atoms with Gasteiger partial charge in [0.2, 0.25) is 11.7 Å². The van der Waals surface area contributed by atoms with Gasteiger partial charge in [0.15, 0.2) is 5.75 Å². The number of nitrogens with zero attached hydrogens (tertiary/aromatic N) is 4. The van der Waals surface area contributed by atoms with Gasteiger partial charge >= 0.3 is 0 Å². The van der Waals surface area contributed by atoms with Crippen LogP contribution >= 0.6 is 27.5 Å². The summed E-state index contributed by atoms with van der Waals surface area (Å²) in [4.78, 5) is 30.9. The van der Waals surface area contributed by atoms with Crippen LogP contribution in [0.1, 0.15) is 34.8 Å². The first-order valence-corrected chi connectivity index (χ1v) is 9.73.